The second kappa shape index (κ2) is 7.86. The van der Waals surface area contributed by atoms with Gasteiger partial charge in [-0.3, -0.25) is 0 Å². The maximum atomic E-state index is 13.1. The summed E-state index contributed by atoms with van der Waals surface area (Å²) in [6, 6.07) is 4.31. The van der Waals surface area contributed by atoms with E-state index in [4.69, 9.17) is 11.6 Å². The molecular formula is C14H18ClFN6. The van der Waals surface area contributed by atoms with Crippen molar-refractivity contribution in [3.8, 4) is 0 Å². The smallest absolute Gasteiger partial charge is 0.249 e. The summed E-state index contributed by atoms with van der Waals surface area (Å²) in [5.74, 6) is 0.479. The van der Waals surface area contributed by atoms with Crippen LogP contribution in [0.1, 0.15) is 6.42 Å². The fraction of sp³-hybridized carbons (Fsp3) is 0.357. The molecule has 2 N–H and O–H groups in total. The van der Waals surface area contributed by atoms with Crippen molar-refractivity contribution in [2.45, 2.75) is 6.42 Å². The van der Waals surface area contributed by atoms with Crippen LogP contribution in [0.4, 0.5) is 21.8 Å². The molecule has 22 heavy (non-hydrogen) atoms. The van der Waals surface area contributed by atoms with Crippen molar-refractivity contribution in [2.75, 3.05) is 37.8 Å². The molecule has 0 unspecified atom stereocenters. The molecule has 0 radical (unpaired) electrons. The van der Waals surface area contributed by atoms with Crippen LogP contribution in [0.2, 0.25) is 5.02 Å². The number of aromatic nitrogens is 3. The van der Waals surface area contributed by atoms with Crippen LogP contribution >= 0.6 is 11.6 Å². The van der Waals surface area contributed by atoms with Gasteiger partial charge >= 0.3 is 0 Å². The zero-order valence-corrected chi connectivity index (χ0v) is 13.2. The van der Waals surface area contributed by atoms with Gasteiger partial charge in [-0.1, -0.05) is 11.6 Å². The van der Waals surface area contributed by atoms with Gasteiger partial charge in [0.1, 0.15) is 5.82 Å². The first-order valence-electron chi connectivity index (χ1n) is 6.85. The first-order valence-corrected chi connectivity index (χ1v) is 7.23. The van der Waals surface area contributed by atoms with Crippen LogP contribution in [-0.2, 0) is 0 Å². The number of anilines is 3. The highest BCUT2D eigenvalue weighted by Crippen LogP contribution is 2.21. The number of nitrogens with zero attached hydrogens (tertiary/aromatic N) is 4. The summed E-state index contributed by atoms with van der Waals surface area (Å²) in [4.78, 5) is 6.41. The minimum absolute atomic E-state index is 0.0379. The highest BCUT2D eigenvalue weighted by molar-refractivity contribution is 6.31. The second-order valence-electron chi connectivity index (χ2n) is 5.00. The predicted molar refractivity (Wildman–Crippen MR) is 86.2 cm³/mol. The van der Waals surface area contributed by atoms with Gasteiger partial charge in [-0.2, -0.15) is 10.1 Å². The zero-order chi connectivity index (χ0) is 15.9. The molecule has 0 saturated heterocycles. The Balaban J connectivity index is 1.94. The number of benzene rings is 1. The molecule has 0 fully saturated rings. The van der Waals surface area contributed by atoms with Crippen LogP contribution in [0.15, 0.2) is 24.4 Å². The Morgan fingerprint density at radius 3 is 2.86 bits per heavy atom. The van der Waals surface area contributed by atoms with Gasteiger partial charge in [0.2, 0.25) is 5.95 Å². The highest BCUT2D eigenvalue weighted by atomic mass is 35.5. The summed E-state index contributed by atoms with van der Waals surface area (Å²) in [6.07, 6.45) is 2.55. The van der Waals surface area contributed by atoms with Crippen molar-refractivity contribution in [1.82, 2.24) is 20.1 Å². The summed E-state index contributed by atoms with van der Waals surface area (Å²) in [7, 11) is 4.06. The molecule has 6 nitrogen and oxygen atoms in total. The number of rotatable bonds is 7. The monoisotopic (exact) mass is 324 g/mol. The van der Waals surface area contributed by atoms with E-state index in [0.717, 1.165) is 19.5 Å². The van der Waals surface area contributed by atoms with Crippen LogP contribution in [0.25, 0.3) is 0 Å². The van der Waals surface area contributed by atoms with Crippen LogP contribution in [0.5, 0.6) is 0 Å². The van der Waals surface area contributed by atoms with Crippen molar-refractivity contribution < 1.29 is 4.39 Å². The van der Waals surface area contributed by atoms with E-state index >= 15 is 0 Å². The van der Waals surface area contributed by atoms with Gasteiger partial charge in [-0.05, 0) is 45.3 Å². The lowest BCUT2D eigenvalue weighted by molar-refractivity contribution is 0.405. The SMILES string of the molecule is CN(C)CCCNc1cnnc(Nc2ccc(F)c(Cl)c2)n1. The molecule has 0 atom stereocenters. The third-order valence-corrected chi connectivity index (χ3v) is 3.11. The van der Waals surface area contributed by atoms with E-state index in [2.05, 4.69) is 30.7 Å². The molecule has 0 aliphatic carbocycles. The minimum atomic E-state index is -0.470. The van der Waals surface area contributed by atoms with Crippen LogP contribution in [0.3, 0.4) is 0 Å². The topological polar surface area (TPSA) is 66.0 Å². The first kappa shape index (κ1) is 16.4. The van der Waals surface area contributed by atoms with E-state index < -0.39 is 5.82 Å². The van der Waals surface area contributed by atoms with Crippen molar-refractivity contribution in [1.29, 1.82) is 0 Å². The van der Waals surface area contributed by atoms with Gasteiger partial charge < -0.3 is 15.5 Å². The standard InChI is InChI=1S/C14H18ClFN6/c1-22(2)7-3-6-17-13-9-18-21-14(20-13)19-10-4-5-12(16)11(15)8-10/h4-5,8-9H,3,6-7H2,1-2H3,(H2,17,19,20,21). The summed E-state index contributed by atoms with van der Waals surface area (Å²) in [6.45, 7) is 1.78. The lowest BCUT2D eigenvalue weighted by Gasteiger charge is -2.10. The molecule has 2 rings (SSSR count). The maximum absolute atomic E-state index is 13.1. The van der Waals surface area contributed by atoms with Gasteiger partial charge in [0, 0.05) is 12.2 Å². The highest BCUT2D eigenvalue weighted by Gasteiger charge is 2.04. The lowest BCUT2D eigenvalue weighted by Crippen LogP contribution is -2.17. The lowest BCUT2D eigenvalue weighted by atomic mass is 10.3. The third kappa shape index (κ3) is 5.09. The largest absolute Gasteiger partial charge is 0.369 e. The predicted octanol–water partition coefficient (Wildman–Crippen LogP) is 2.77. The van der Waals surface area contributed by atoms with Crippen LogP contribution in [-0.4, -0.2) is 47.3 Å². The molecule has 0 amide bonds. The van der Waals surface area contributed by atoms with Gasteiger partial charge in [0.25, 0.3) is 0 Å². The fourth-order valence-electron chi connectivity index (χ4n) is 1.76. The molecule has 8 heteroatoms. The Bertz CT molecular complexity index is 622. The molecule has 1 aromatic carbocycles. The zero-order valence-electron chi connectivity index (χ0n) is 12.5. The molecule has 0 bridgehead atoms. The van der Waals surface area contributed by atoms with Crippen LogP contribution < -0.4 is 10.6 Å². The Labute approximate surface area is 133 Å². The maximum Gasteiger partial charge on any atom is 0.249 e. The van der Waals surface area contributed by atoms with E-state index in [1.165, 1.54) is 12.1 Å². The summed E-state index contributed by atoms with van der Waals surface area (Å²) < 4.78 is 13.1. The van der Waals surface area contributed by atoms with E-state index in [1.807, 2.05) is 14.1 Å². The van der Waals surface area contributed by atoms with Gasteiger partial charge in [0.15, 0.2) is 5.82 Å². The van der Waals surface area contributed by atoms with Crippen molar-refractivity contribution in [3.05, 3.63) is 35.2 Å². The normalized spacial score (nSPS) is 10.8. The summed E-state index contributed by atoms with van der Waals surface area (Å²) >= 11 is 5.73. The molecule has 0 aliphatic heterocycles. The molecule has 1 heterocycles. The van der Waals surface area contributed by atoms with Gasteiger partial charge in [0.05, 0.1) is 11.2 Å². The molecule has 1 aromatic heterocycles. The van der Waals surface area contributed by atoms with Gasteiger partial charge in [-0.15, -0.1) is 5.10 Å². The van der Waals surface area contributed by atoms with Crippen molar-refractivity contribution in [2.24, 2.45) is 0 Å². The molecular weight excluding hydrogens is 307 g/mol. The van der Waals surface area contributed by atoms with E-state index in [-0.39, 0.29) is 5.02 Å². The third-order valence-electron chi connectivity index (χ3n) is 2.82. The quantitative estimate of drug-likeness (QED) is 0.763. The van der Waals surface area contributed by atoms with Crippen molar-refractivity contribution in [3.63, 3.8) is 0 Å². The average molecular weight is 325 g/mol. The molecule has 0 aliphatic rings. The molecule has 0 spiro atoms. The first-order chi connectivity index (χ1) is 10.5. The Morgan fingerprint density at radius 1 is 1.32 bits per heavy atom. The number of halogens is 2. The minimum Gasteiger partial charge on any atom is -0.369 e. The van der Waals surface area contributed by atoms with E-state index in [0.29, 0.717) is 17.5 Å². The summed E-state index contributed by atoms with van der Waals surface area (Å²) in [5, 5.41) is 13.9. The molecule has 118 valence electrons. The second-order valence-corrected chi connectivity index (χ2v) is 5.41. The number of hydrogen-bond donors (Lipinski definition) is 2. The van der Waals surface area contributed by atoms with Crippen molar-refractivity contribution >= 4 is 29.1 Å². The van der Waals surface area contributed by atoms with E-state index in [1.54, 1.807) is 12.3 Å². The molecule has 2 aromatic rings. The van der Waals surface area contributed by atoms with Crippen LogP contribution in [0, 0.1) is 5.82 Å². The fourth-order valence-corrected chi connectivity index (χ4v) is 1.94. The van der Waals surface area contributed by atoms with E-state index in [9.17, 15) is 4.39 Å². The Hall–Kier alpha value is -1.99. The number of hydrogen-bond acceptors (Lipinski definition) is 6. The Morgan fingerprint density at radius 2 is 2.14 bits per heavy atom. The summed E-state index contributed by atoms with van der Waals surface area (Å²) in [5.41, 5.74) is 0.595. The molecule has 0 saturated carbocycles. The van der Waals surface area contributed by atoms with Gasteiger partial charge in [-0.25, -0.2) is 4.39 Å². The average Bonchev–Trinajstić information content (AvgIpc) is 2.48. The number of nitrogens with one attached hydrogen (secondary N) is 2. The Kier molecular flexibility index (Phi) is 5.85.